The molecule has 152 valence electrons. The van der Waals surface area contributed by atoms with E-state index in [1.165, 1.54) is 18.4 Å². The highest BCUT2D eigenvalue weighted by molar-refractivity contribution is 14.0. The summed E-state index contributed by atoms with van der Waals surface area (Å²) in [4.78, 5) is 9.10. The van der Waals surface area contributed by atoms with Gasteiger partial charge in [-0.3, -0.25) is 4.98 Å². The van der Waals surface area contributed by atoms with Crippen molar-refractivity contribution in [1.82, 2.24) is 15.6 Å². The Bertz CT molecular complexity index is 745. The molecule has 3 rings (SSSR count). The Morgan fingerprint density at radius 2 is 2.00 bits per heavy atom. The lowest BCUT2D eigenvalue weighted by molar-refractivity contribution is 0.208. The van der Waals surface area contributed by atoms with Gasteiger partial charge in [0.15, 0.2) is 5.96 Å². The molecular weight excluding hydrogens is 463 g/mol. The first kappa shape index (κ1) is 22.5. The molecule has 1 fully saturated rings. The standard InChI is InChI=1S/C22H30N4O.HI/c1-3-23-22(26-16-19-8-6-7-13-24-19)25-15-18-12-11-17(2)14-21(18)27-20-9-4-5-10-20;/h6-8,11-14,20H,3-5,9-10,15-16H2,1-2H3,(H2,23,25,26);1H. The van der Waals surface area contributed by atoms with Crippen LogP contribution >= 0.6 is 24.0 Å². The fraction of sp³-hybridized carbons (Fsp3) is 0.455. The van der Waals surface area contributed by atoms with Gasteiger partial charge in [-0.25, -0.2) is 4.99 Å². The predicted octanol–water partition coefficient (Wildman–Crippen LogP) is 4.58. The molecule has 0 spiro atoms. The lowest BCUT2D eigenvalue weighted by Crippen LogP contribution is -2.37. The molecule has 1 aromatic heterocycles. The summed E-state index contributed by atoms with van der Waals surface area (Å²) in [6.07, 6.45) is 7.01. The van der Waals surface area contributed by atoms with Crippen molar-refractivity contribution >= 4 is 29.9 Å². The Kier molecular flexibility index (Phi) is 9.54. The summed E-state index contributed by atoms with van der Waals surface area (Å²) in [5.41, 5.74) is 3.34. The summed E-state index contributed by atoms with van der Waals surface area (Å²) in [5, 5.41) is 6.64. The van der Waals surface area contributed by atoms with Crippen LogP contribution in [0.3, 0.4) is 0 Å². The van der Waals surface area contributed by atoms with Crippen LogP contribution in [0, 0.1) is 6.92 Å². The van der Waals surface area contributed by atoms with Crippen LogP contribution in [0.5, 0.6) is 5.75 Å². The van der Waals surface area contributed by atoms with E-state index in [2.05, 4.69) is 47.7 Å². The number of aromatic nitrogens is 1. The minimum absolute atomic E-state index is 0. The van der Waals surface area contributed by atoms with Crippen molar-refractivity contribution in [1.29, 1.82) is 0 Å². The Hall–Kier alpha value is -1.83. The molecule has 1 aliphatic rings. The molecule has 28 heavy (non-hydrogen) atoms. The maximum atomic E-state index is 6.29. The van der Waals surface area contributed by atoms with Crippen LogP contribution in [0.1, 0.15) is 49.4 Å². The van der Waals surface area contributed by atoms with Crippen molar-refractivity contribution < 1.29 is 4.74 Å². The van der Waals surface area contributed by atoms with Crippen LogP contribution in [0.2, 0.25) is 0 Å². The molecule has 0 aliphatic heterocycles. The highest BCUT2D eigenvalue weighted by atomic mass is 127. The zero-order valence-corrected chi connectivity index (χ0v) is 19.1. The van der Waals surface area contributed by atoms with Gasteiger partial charge in [-0.2, -0.15) is 0 Å². The van der Waals surface area contributed by atoms with E-state index < -0.39 is 0 Å². The third-order valence-corrected chi connectivity index (χ3v) is 4.73. The lowest BCUT2D eigenvalue weighted by atomic mass is 10.1. The Morgan fingerprint density at radius 1 is 1.18 bits per heavy atom. The first-order chi connectivity index (χ1) is 13.2. The zero-order valence-electron chi connectivity index (χ0n) is 16.8. The second-order valence-electron chi connectivity index (χ2n) is 7.01. The van der Waals surface area contributed by atoms with Gasteiger partial charge in [0.25, 0.3) is 0 Å². The van der Waals surface area contributed by atoms with E-state index in [1.54, 1.807) is 6.20 Å². The van der Waals surface area contributed by atoms with Gasteiger partial charge >= 0.3 is 0 Å². The molecule has 1 aromatic carbocycles. The smallest absolute Gasteiger partial charge is 0.191 e. The molecule has 0 unspecified atom stereocenters. The van der Waals surface area contributed by atoms with Crippen molar-refractivity contribution in [2.75, 3.05) is 6.54 Å². The van der Waals surface area contributed by atoms with E-state index in [1.807, 2.05) is 18.2 Å². The minimum atomic E-state index is 0. The van der Waals surface area contributed by atoms with Crippen LogP contribution in [-0.2, 0) is 13.1 Å². The quantitative estimate of drug-likeness (QED) is 0.336. The third kappa shape index (κ3) is 6.96. The summed E-state index contributed by atoms with van der Waals surface area (Å²) in [6, 6.07) is 12.3. The van der Waals surface area contributed by atoms with E-state index in [-0.39, 0.29) is 24.0 Å². The fourth-order valence-electron chi connectivity index (χ4n) is 3.27. The molecule has 2 N–H and O–H groups in total. The van der Waals surface area contributed by atoms with Crippen LogP contribution < -0.4 is 15.4 Å². The van der Waals surface area contributed by atoms with Crippen LogP contribution in [0.25, 0.3) is 0 Å². The van der Waals surface area contributed by atoms with Gasteiger partial charge in [-0.05, 0) is 63.3 Å². The number of pyridine rings is 1. The molecule has 1 heterocycles. The second-order valence-corrected chi connectivity index (χ2v) is 7.01. The monoisotopic (exact) mass is 494 g/mol. The van der Waals surface area contributed by atoms with E-state index in [9.17, 15) is 0 Å². The number of hydrogen-bond acceptors (Lipinski definition) is 3. The molecule has 1 saturated carbocycles. The van der Waals surface area contributed by atoms with Gasteiger partial charge in [0.1, 0.15) is 5.75 Å². The van der Waals surface area contributed by atoms with Crippen LogP contribution in [0.4, 0.5) is 0 Å². The molecule has 1 aliphatic carbocycles. The average molecular weight is 494 g/mol. The molecule has 2 aromatic rings. The number of aryl methyl sites for hydroxylation is 1. The first-order valence-electron chi connectivity index (χ1n) is 9.93. The third-order valence-electron chi connectivity index (χ3n) is 4.73. The minimum Gasteiger partial charge on any atom is -0.490 e. The zero-order chi connectivity index (χ0) is 18.9. The number of benzene rings is 1. The number of nitrogens with zero attached hydrogens (tertiary/aromatic N) is 2. The summed E-state index contributed by atoms with van der Waals surface area (Å²) in [5.74, 6) is 1.77. The Morgan fingerprint density at radius 3 is 2.71 bits per heavy atom. The van der Waals surface area contributed by atoms with Gasteiger partial charge in [0.2, 0.25) is 0 Å². The van der Waals surface area contributed by atoms with Crippen LogP contribution in [-0.4, -0.2) is 23.6 Å². The van der Waals surface area contributed by atoms with Gasteiger partial charge in [0.05, 0.1) is 24.9 Å². The van der Waals surface area contributed by atoms with Gasteiger partial charge in [0, 0.05) is 18.3 Å². The average Bonchev–Trinajstić information content (AvgIpc) is 3.19. The number of rotatable bonds is 7. The van der Waals surface area contributed by atoms with Gasteiger partial charge in [-0.15, -0.1) is 24.0 Å². The molecule has 0 radical (unpaired) electrons. The molecule has 5 nitrogen and oxygen atoms in total. The summed E-state index contributed by atoms with van der Waals surface area (Å²) in [6.45, 7) is 6.21. The topological polar surface area (TPSA) is 58.5 Å². The number of hydrogen-bond donors (Lipinski definition) is 2. The number of halogens is 1. The molecule has 0 saturated heterocycles. The van der Waals surface area contributed by atoms with E-state index in [4.69, 9.17) is 9.73 Å². The van der Waals surface area contributed by atoms with Crippen molar-refractivity contribution in [3.63, 3.8) is 0 Å². The summed E-state index contributed by atoms with van der Waals surface area (Å²) >= 11 is 0. The Balaban J connectivity index is 0.00000280. The highest BCUT2D eigenvalue weighted by Gasteiger charge is 2.18. The molecule has 0 bridgehead atoms. The largest absolute Gasteiger partial charge is 0.490 e. The summed E-state index contributed by atoms with van der Waals surface area (Å²) < 4.78 is 6.29. The van der Waals surface area contributed by atoms with Gasteiger partial charge < -0.3 is 15.4 Å². The molecule has 0 amide bonds. The van der Waals surface area contributed by atoms with E-state index >= 15 is 0 Å². The van der Waals surface area contributed by atoms with Crippen molar-refractivity contribution in [3.8, 4) is 5.75 Å². The second kappa shape index (κ2) is 11.9. The SMILES string of the molecule is CCNC(=NCc1ccc(C)cc1OC1CCCC1)NCc1ccccn1.I. The Labute approximate surface area is 185 Å². The van der Waals surface area contributed by atoms with Crippen molar-refractivity contribution in [2.24, 2.45) is 4.99 Å². The van der Waals surface area contributed by atoms with Crippen molar-refractivity contribution in [2.45, 2.75) is 58.7 Å². The first-order valence-corrected chi connectivity index (χ1v) is 9.93. The van der Waals surface area contributed by atoms with E-state index in [0.29, 0.717) is 19.2 Å². The number of nitrogens with one attached hydrogen (secondary N) is 2. The lowest BCUT2D eigenvalue weighted by Gasteiger charge is -2.17. The van der Waals surface area contributed by atoms with Gasteiger partial charge in [-0.1, -0.05) is 18.2 Å². The number of guanidine groups is 1. The van der Waals surface area contributed by atoms with E-state index in [0.717, 1.165) is 42.4 Å². The normalized spacial score (nSPS) is 14.4. The molecule has 6 heteroatoms. The summed E-state index contributed by atoms with van der Waals surface area (Å²) in [7, 11) is 0. The van der Waals surface area contributed by atoms with Crippen LogP contribution in [0.15, 0.2) is 47.6 Å². The molecule has 0 atom stereocenters. The molecular formula is C22H31IN4O. The van der Waals surface area contributed by atoms with Crippen molar-refractivity contribution in [3.05, 3.63) is 59.4 Å². The fourth-order valence-corrected chi connectivity index (χ4v) is 3.27. The number of ether oxygens (including phenoxy) is 1. The predicted molar refractivity (Wildman–Crippen MR) is 125 cm³/mol. The highest BCUT2D eigenvalue weighted by Crippen LogP contribution is 2.28. The maximum absolute atomic E-state index is 6.29. The number of aliphatic imine (C=N–C) groups is 1. The maximum Gasteiger partial charge on any atom is 0.191 e.